The number of hydrogen-bond acceptors (Lipinski definition) is 7. The standard InChI is InChI=1S/C12H13F2N7O5/c1-7-11(21(25)26)10(12(13)14)17-19(7)6-9(22)15-2-3-18-5-8(4-16-18)20(23)24/h4-5,12H,2-3,6H2,1H3,(H,15,22). The van der Waals surface area contributed by atoms with Crippen molar-refractivity contribution in [2.75, 3.05) is 6.54 Å². The second-order valence-electron chi connectivity index (χ2n) is 5.10. The third kappa shape index (κ3) is 4.14. The number of alkyl halides is 2. The summed E-state index contributed by atoms with van der Waals surface area (Å²) in [5.74, 6) is -0.618. The van der Waals surface area contributed by atoms with Crippen LogP contribution in [0, 0.1) is 27.2 Å². The number of carbonyl (C=O) groups is 1. The average molecular weight is 373 g/mol. The molecule has 2 rings (SSSR count). The molecule has 1 N–H and O–H groups in total. The van der Waals surface area contributed by atoms with Crippen molar-refractivity contribution < 1.29 is 23.4 Å². The van der Waals surface area contributed by atoms with E-state index in [1.54, 1.807) is 0 Å². The Kier molecular flexibility index (Phi) is 5.54. The van der Waals surface area contributed by atoms with Crippen molar-refractivity contribution in [1.29, 1.82) is 0 Å². The van der Waals surface area contributed by atoms with Gasteiger partial charge in [-0.1, -0.05) is 0 Å². The average Bonchev–Trinajstić information content (AvgIpc) is 3.13. The van der Waals surface area contributed by atoms with Gasteiger partial charge >= 0.3 is 11.4 Å². The summed E-state index contributed by atoms with van der Waals surface area (Å²) >= 11 is 0. The number of hydrogen-bond donors (Lipinski definition) is 1. The highest BCUT2D eigenvalue weighted by Crippen LogP contribution is 2.30. The highest BCUT2D eigenvalue weighted by Gasteiger charge is 2.31. The van der Waals surface area contributed by atoms with Gasteiger partial charge in [0, 0.05) is 6.54 Å². The number of halogens is 2. The molecule has 0 aliphatic heterocycles. The molecule has 0 radical (unpaired) electrons. The molecule has 1 amide bonds. The third-order valence-corrected chi connectivity index (χ3v) is 3.38. The zero-order valence-electron chi connectivity index (χ0n) is 13.3. The number of nitrogens with one attached hydrogen (secondary N) is 1. The van der Waals surface area contributed by atoms with Gasteiger partial charge in [0.05, 0.1) is 16.4 Å². The van der Waals surface area contributed by atoms with Crippen molar-refractivity contribution in [2.24, 2.45) is 0 Å². The predicted octanol–water partition coefficient (Wildman–Crippen LogP) is 0.958. The molecule has 0 aliphatic rings. The fourth-order valence-corrected chi connectivity index (χ4v) is 2.16. The van der Waals surface area contributed by atoms with Crippen LogP contribution in [0.15, 0.2) is 12.4 Å². The van der Waals surface area contributed by atoms with E-state index in [4.69, 9.17) is 0 Å². The summed E-state index contributed by atoms with van der Waals surface area (Å²) in [6.07, 6.45) is -0.906. The number of nitrogens with zero attached hydrogens (tertiary/aromatic N) is 6. The van der Waals surface area contributed by atoms with Crippen LogP contribution in [0.3, 0.4) is 0 Å². The first-order valence-electron chi connectivity index (χ1n) is 7.14. The van der Waals surface area contributed by atoms with Gasteiger partial charge in [0.2, 0.25) is 11.6 Å². The van der Waals surface area contributed by atoms with Crippen LogP contribution in [0.1, 0.15) is 17.8 Å². The molecule has 12 nitrogen and oxygen atoms in total. The van der Waals surface area contributed by atoms with Gasteiger partial charge < -0.3 is 5.32 Å². The largest absolute Gasteiger partial charge is 0.353 e. The fourth-order valence-electron chi connectivity index (χ4n) is 2.16. The summed E-state index contributed by atoms with van der Waals surface area (Å²) in [5, 5.41) is 31.0. The monoisotopic (exact) mass is 373 g/mol. The lowest BCUT2D eigenvalue weighted by Gasteiger charge is -2.06. The van der Waals surface area contributed by atoms with Gasteiger partial charge in [-0.05, 0) is 6.92 Å². The van der Waals surface area contributed by atoms with E-state index in [1.807, 2.05) is 0 Å². The van der Waals surface area contributed by atoms with Gasteiger partial charge in [-0.2, -0.15) is 10.2 Å². The summed E-state index contributed by atoms with van der Waals surface area (Å²) in [6.45, 7) is 0.924. The van der Waals surface area contributed by atoms with Crippen molar-refractivity contribution >= 4 is 17.3 Å². The molecule has 0 atom stereocenters. The first-order chi connectivity index (χ1) is 12.2. The lowest BCUT2D eigenvalue weighted by atomic mass is 10.3. The molecular weight excluding hydrogens is 360 g/mol. The maximum Gasteiger partial charge on any atom is 0.319 e. The first-order valence-corrected chi connectivity index (χ1v) is 7.14. The third-order valence-electron chi connectivity index (χ3n) is 3.38. The molecule has 0 saturated carbocycles. The van der Waals surface area contributed by atoms with E-state index in [0.29, 0.717) is 0 Å². The molecule has 140 valence electrons. The van der Waals surface area contributed by atoms with Gasteiger partial charge in [-0.3, -0.25) is 34.4 Å². The van der Waals surface area contributed by atoms with Crippen LogP contribution in [-0.2, 0) is 17.9 Å². The molecule has 0 aromatic carbocycles. The predicted molar refractivity (Wildman–Crippen MR) is 80.5 cm³/mol. The SMILES string of the molecule is Cc1c([N+](=O)[O-])c(C(F)F)nn1CC(=O)NCCn1cc([N+](=O)[O-])cn1. The minimum Gasteiger partial charge on any atom is -0.353 e. The second kappa shape index (κ2) is 7.62. The van der Waals surface area contributed by atoms with Crippen LogP contribution in [0.2, 0.25) is 0 Å². The molecular formula is C12H13F2N7O5. The van der Waals surface area contributed by atoms with Gasteiger partial charge in [-0.15, -0.1) is 0 Å². The molecule has 2 aromatic rings. The summed E-state index contributed by atoms with van der Waals surface area (Å²) in [5.41, 5.74) is -2.18. The van der Waals surface area contributed by atoms with Gasteiger partial charge in [0.25, 0.3) is 6.43 Å². The summed E-state index contributed by atoms with van der Waals surface area (Å²) in [6, 6.07) is 0. The van der Waals surface area contributed by atoms with Crippen LogP contribution in [0.5, 0.6) is 0 Å². The molecule has 2 heterocycles. The lowest BCUT2D eigenvalue weighted by molar-refractivity contribution is -0.386. The van der Waals surface area contributed by atoms with E-state index >= 15 is 0 Å². The highest BCUT2D eigenvalue weighted by molar-refractivity contribution is 5.75. The smallest absolute Gasteiger partial charge is 0.319 e. The Hall–Kier alpha value is -3.45. The van der Waals surface area contributed by atoms with E-state index in [9.17, 15) is 33.8 Å². The Morgan fingerprint density at radius 1 is 1.35 bits per heavy atom. The number of carbonyl (C=O) groups excluding carboxylic acids is 1. The topological polar surface area (TPSA) is 151 Å². The molecule has 0 spiro atoms. The summed E-state index contributed by atoms with van der Waals surface area (Å²) < 4.78 is 27.7. The normalized spacial score (nSPS) is 10.9. The van der Waals surface area contributed by atoms with E-state index in [-0.39, 0.29) is 24.5 Å². The molecule has 0 saturated heterocycles. The Bertz CT molecular complexity index is 847. The van der Waals surface area contributed by atoms with Crippen molar-refractivity contribution in [3.8, 4) is 0 Å². The summed E-state index contributed by atoms with van der Waals surface area (Å²) in [7, 11) is 0. The fraction of sp³-hybridized carbons (Fsp3) is 0.417. The van der Waals surface area contributed by atoms with Gasteiger partial charge in [-0.25, -0.2) is 8.78 Å². The molecule has 0 unspecified atom stereocenters. The number of amides is 1. The zero-order valence-corrected chi connectivity index (χ0v) is 13.3. The van der Waals surface area contributed by atoms with Crippen molar-refractivity contribution in [1.82, 2.24) is 24.9 Å². The van der Waals surface area contributed by atoms with Crippen molar-refractivity contribution in [3.63, 3.8) is 0 Å². The van der Waals surface area contributed by atoms with E-state index in [2.05, 4.69) is 15.5 Å². The van der Waals surface area contributed by atoms with E-state index in [0.717, 1.165) is 10.9 Å². The Balaban J connectivity index is 1.96. The van der Waals surface area contributed by atoms with Gasteiger partial charge in [0.1, 0.15) is 24.6 Å². The first kappa shape index (κ1) is 18.9. The molecule has 0 aliphatic carbocycles. The van der Waals surface area contributed by atoms with Crippen molar-refractivity contribution in [2.45, 2.75) is 26.4 Å². The van der Waals surface area contributed by atoms with E-state index in [1.165, 1.54) is 17.8 Å². The number of rotatable bonds is 8. The minimum absolute atomic E-state index is 0.0573. The van der Waals surface area contributed by atoms with Crippen LogP contribution >= 0.6 is 0 Å². The van der Waals surface area contributed by atoms with Crippen LogP contribution in [0.25, 0.3) is 0 Å². The summed E-state index contributed by atoms with van der Waals surface area (Å²) in [4.78, 5) is 31.7. The second-order valence-corrected chi connectivity index (χ2v) is 5.10. The molecule has 0 fully saturated rings. The van der Waals surface area contributed by atoms with Crippen molar-refractivity contribution in [3.05, 3.63) is 44.0 Å². The maximum absolute atomic E-state index is 12.8. The Morgan fingerprint density at radius 2 is 2.04 bits per heavy atom. The quantitative estimate of drug-likeness (QED) is 0.534. The van der Waals surface area contributed by atoms with Crippen LogP contribution in [0.4, 0.5) is 20.2 Å². The van der Waals surface area contributed by atoms with Gasteiger partial charge in [0.15, 0.2) is 0 Å². The maximum atomic E-state index is 12.8. The Labute approximate surface area is 143 Å². The molecule has 0 bridgehead atoms. The highest BCUT2D eigenvalue weighted by atomic mass is 19.3. The number of aromatic nitrogens is 4. The lowest BCUT2D eigenvalue weighted by Crippen LogP contribution is -2.31. The van der Waals surface area contributed by atoms with Crippen LogP contribution < -0.4 is 5.32 Å². The number of nitro groups is 2. The molecule has 14 heteroatoms. The minimum atomic E-state index is -3.14. The molecule has 2 aromatic heterocycles. The van der Waals surface area contributed by atoms with Crippen LogP contribution in [-0.4, -0.2) is 41.9 Å². The van der Waals surface area contributed by atoms with E-state index < -0.39 is 40.1 Å². The molecule has 26 heavy (non-hydrogen) atoms. The zero-order chi connectivity index (χ0) is 19.4. The Morgan fingerprint density at radius 3 is 2.54 bits per heavy atom.